The van der Waals surface area contributed by atoms with Gasteiger partial charge in [0, 0.05) is 11.8 Å². The molecule has 1 saturated heterocycles. The summed E-state index contributed by atoms with van der Waals surface area (Å²) in [5, 5.41) is 2.73. The molecule has 6 nitrogen and oxygen atoms in total. The molecule has 1 aliphatic rings. The summed E-state index contributed by atoms with van der Waals surface area (Å²) >= 11 is 0. The Balaban J connectivity index is 2.35. The van der Waals surface area contributed by atoms with Crippen molar-refractivity contribution in [3.63, 3.8) is 0 Å². The van der Waals surface area contributed by atoms with E-state index in [4.69, 9.17) is 9.47 Å². The van der Waals surface area contributed by atoms with Gasteiger partial charge in [-0.1, -0.05) is 13.8 Å². The number of hydrogen-bond donors (Lipinski definition) is 1. The number of anilines is 1. The van der Waals surface area contributed by atoms with Crippen molar-refractivity contribution in [1.82, 2.24) is 5.32 Å². The number of carbonyl (C=O) groups is 2. The molecule has 114 valence electrons. The Bertz CT molecular complexity index is 557. The lowest BCUT2D eigenvalue weighted by molar-refractivity contribution is -0.132. The van der Waals surface area contributed by atoms with Crippen LogP contribution in [0.4, 0.5) is 5.69 Å². The van der Waals surface area contributed by atoms with Gasteiger partial charge in [0.1, 0.15) is 12.6 Å². The maximum absolute atomic E-state index is 12.5. The van der Waals surface area contributed by atoms with Crippen LogP contribution in [0, 0.1) is 5.92 Å². The van der Waals surface area contributed by atoms with E-state index < -0.39 is 6.04 Å². The molecule has 0 radical (unpaired) electrons. The van der Waals surface area contributed by atoms with Gasteiger partial charge in [0.15, 0.2) is 11.5 Å². The minimum Gasteiger partial charge on any atom is -0.493 e. The van der Waals surface area contributed by atoms with E-state index in [1.807, 2.05) is 13.8 Å². The first-order chi connectivity index (χ1) is 9.97. The van der Waals surface area contributed by atoms with E-state index in [1.165, 1.54) is 12.0 Å². The van der Waals surface area contributed by atoms with Crippen LogP contribution >= 0.6 is 0 Å². The zero-order valence-corrected chi connectivity index (χ0v) is 12.7. The number of carbonyl (C=O) groups excluding carboxylic acids is 2. The fourth-order valence-electron chi connectivity index (χ4n) is 2.33. The first-order valence-electron chi connectivity index (χ1n) is 6.80. The molecule has 1 aromatic rings. The molecule has 1 fully saturated rings. The number of methoxy groups -OCH3 is 2. The Morgan fingerprint density at radius 2 is 1.86 bits per heavy atom. The Morgan fingerprint density at radius 1 is 1.19 bits per heavy atom. The number of nitrogens with one attached hydrogen (secondary N) is 1. The van der Waals surface area contributed by atoms with Crippen molar-refractivity contribution in [2.24, 2.45) is 5.92 Å². The molecule has 0 aliphatic carbocycles. The van der Waals surface area contributed by atoms with Crippen molar-refractivity contribution in [3.8, 4) is 11.5 Å². The van der Waals surface area contributed by atoms with Gasteiger partial charge >= 0.3 is 0 Å². The predicted octanol–water partition coefficient (Wildman–Crippen LogP) is 1.19. The molecule has 1 N–H and O–H groups in total. The first kappa shape index (κ1) is 15.2. The normalized spacial score (nSPS) is 18.7. The largest absolute Gasteiger partial charge is 0.493 e. The van der Waals surface area contributed by atoms with Gasteiger partial charge in [0.05, 0.1) is 14.2 Å². The van der Waals surface area contributed by atoms with Crippen LogP contribution in [0.2, 0.25) is 0 Å². The second kappa shape index (κ2) is 6.03. The molecular formula is C15H20N2O4. The molecule has 0 spiro atoms. The highest BCUT2D eigenvalue weighted by molar-refractivity contribution is 6.06. The van der Waals surface area contributed by atoms with Crippen LogP contribution in [0.1, 0.15) is 13.8 Å². The van der Waals surface area contributed by atoms with Crippen molar-refractivity contribution in [2.75, 3.05) is 25.7 Å². The summed E-state index contributed by atoms with van der Waals surface area (Å²) in [6.07, 6.45) is 0. The summed E-state index contributed by atoms with van der Waals surface area (Å²) in [4.78, 5) is 25.8. The van der Waals surface area contributed by atoms with Crippen molar-refractivity contribution < 1.29 is 19.1 Å². The number of amides is 2. The quantitative estimate of drug-likeness (QED) is 0.905. The van der Waals surface area contributed by atoms with Gasteiger partial charge in [-0.2, -0.15) is 0 Å². The summed E-state index contributed by atoms with van der Waals surface area (Å²) in [5.41, 5.74) is 0.623. The van der Waals surface area contributed by atoms with E-state index in [0.29, 0.717) is 17.2 Å². The molecule has 1 aromatic carbocycles. The smallest absolute Gasteiger partial charge is 0.250 e. The summed E-state index contributed by atoms with van der Waals surface area (Å²) in [6.45, 7) is 3.82. The fourth-order valence-corrected chi connectivity index (χ4v) is 2.33. The van der Waals surface area contributed by atoms with Crippen LogP contribution in [0.5, 0.6) is 11.5 Å². The molecule has 1 heterocycles. The zero-order valence-electron chi connectivity index (χ0n) is 12.7. The van der Waals surface area contributed by atoms with Crippen molar-refractivity contribution in [2.45, 2.75) is 19.9 Å². The van der Waals surface area contributed by atoms with Crippen LogP contribution in [-0.4, -0.2) is 38.6 Å². The Kier molecular flexibility index (Phi) is 4.35. The highest BCUT2D eigenvalue weighted by Crippen LogP contribution is 2.32. The zero-order chi connectivity index (χ0) is 15.6. The summed E-state index contributed by atoms with van der Waals surface area (Å²) in [6, 6.07) is 4.67. The molecule has 0 bridgehead atoms. The topological polar surface area (TPSA) is 67.9 Å². The van der Waals surface area contributed by atoms with Crippen LogP contribution in [0.15, 0.2) is 18.2 Å². The molecule has 1 aliphatic heterocycles. The molecule has 21 heavy (non-hydrogen) atoms. The molecule has 0 saturated carbocycles. The number of benzene rings is 1. The Morgan fingerprint density at radius 3 is 2.43 bits per heavy atom. The average molecular weight is 292 g/mol. The van der Waals surface area contributed by atoms with Gasteiger partial charge in [0.2, 0.25) is 11.8 Å². The minimum atomic E-state index is -0.501. The molecule has 1 atom stereocenters. The molecule has 0 aromatic heterocycles. The van der Waals surface area contributed by atoms with Gasteiger partial charge < -0.3 is 19.7 Å². The lowest BCUT2D eigenvalue weighted by Crippen LogP contribution is -2.60. The number of ether oxygens (including phenoxy) is 2. The van der Waals surface area contributed by atoms with Gasteiger partial charge in [-0.05, 0) is 18.1 Å². The third kappa shape index (κ3) is 2.94. The van der Waals surface area contributed by atoms with Gasteiger partial charge in [-0.25, -0.2) is 0 Å². The van der Waals surface area contributed by atoms with Crippen LogP contribution < -0.4 is 19.7 Å². The van der Waals surface area contributed by atoms with Crippen LogP contribution in [0.25, 0.3) is 0 Å². The van der Waals surface area contributed by atoms with Crippen molar-refractivity contribution in [3.05, 3.63) is 18.2 Å². The SMILES string of the molecule is COc1ccc(N2CC(=O)NC(C(C)C)C2=O)cc1OC. The maximum atomic E-state index is 12.5. The lowest BCUT2D eigenvalue weighted by Gasteiger charge is -2.34. The summed E-state index contributed by atoms with van der Waals surface area (Å²) in [7, 11) is 3.08. The predicted molar refractivity (Wildman–Crippen MR) is 78.7 cm³/mol. The van der Waals surface area contributed by atoms with Gasteiger partial charge in [0.25, 0.3) is 0 Å². The highest BCUT2D eigenvalue weighted by atomic mass is 16.5. The maximum Gasteiger partial charge on any atom is 0.250 e. The summed E-state index contributed by atoms with van der Waals surface area (Å²) < 4.78 is 10.4. The first-order valence-corrected chi connectivity index (χ1v) is 6.80. The molecule has 6 heteroatoms. The highest BCUT2D eigenvalue weighted by Gasteiger charge is 2.35. The van der Waals surface area contributed by atoms with E-state index in [0.717, 1.165) is 0 Å². The third-order valence-electron chi connectivity index (χ3n) is 3.50. The van der Waals surface area contributed by atoms with E-state index in [9.17, 15) is 9.59 Å². The second-order valence-corrected chi connectivity index (χ2v) is 5.25. The monoisotopic (exact) mass is 292 g/mol. The molecule has 1 unspecified atom stereocenters. The standard InChI is InChI=1S/C15H20N2O4/c1-9(2)14-15(19)17(8-13(18)16-14)10-5-6-11(20-3)12(7-10)21-4/h5-7,9,14H,8H2,1-4H3,(H,16,18). The van der Waals surface area contributed by atoms with E-state index in [1.54, 1.807) is 25.3 Å². The van der Waals surface area contributed by atoms with Gasteiger partial charge in [-0.15, -0.1) is 0 Å². The lowest BCUT2D eigenvalue weighted by atomic mass is 10.0. The third-order valence-corrected chi connectivity index (χ3v) is 3.50. The number of nitrogens with zero attached hydrogens (tertiary/aromatic N) is 1. The molecule has 2 amide bonds. The van der Waals surface area contributed by atoms with Gasteiger partial charge in [-0.3, -0.25) is 9.59 Å². The van der Waals surface area contributed by atoms with E-state index in [2.05, 4.69) is 5.32 Å². The summed E-state index contributed by atoms with van der Waals surface area (Å²) in [5.74, 6) is 0.856. The Labute approximate surface area is 124 Å². The van der Waals surface area contributed by atoms with E-state index in [-0.39, 0.29) is 24.3 Å². The van der Waals surface area contributed by atoms with Crippen LogP contribution in [-0.2, 0) is 9.59 Å². The number of rotatable bonds is 4. The van der Waals surface area contributed by atoms with Crippen molar-refractivity contribution in [1.29, 1.82) is 0 Å². The minimum absolute atomic E-state index is 0.0114. The van der Waals surface area contributed by atoms with Crippen molar-refractivity contribution >= 4 is 17.5 Å². The second-order valence-electron chi connectivity index (χ2n) is 5.25. The Hall–Kier alpha value is -2.24. The number of hydrogen-bond acceptors (Lipinski definition) is 4. The van der Waals surface area contributed by atoms with E-state index >= 15 is 0 Å². The molecule has 2 rings (SSSR count). The number of piperazine rings is 1. The fraction of sp³-hybridized carbons (Fsp3) is 0.467. The molecular weight excluding hydrogens is 272 g/mol. The van der Waals surface area contributed by atoms with Crippen LogP contribution in [0.3, 0.4) is 0 Å². The average Bonchev–Trinajstić information content (AvgIpc) is 2.48.